The topological polar surface area (TPSA) is 0 Å². The van der Waals surface area contributed by atoms with Crippen molar-refractivity contribution in [2.45, 2.75) is 139 Å². The molecule has 3 unspecified atom stereocenters. The summed E-state index contributed by atoms with van der Waals surface area (Å²) >= 11 is 0.476. The van der Waals surface area contributed by atoms with E-state index in [1.54, 1.807) is 0 Å². The molecule has 24 heavy (non-hydrogen) atoms. The standard InChI is InChI=1S/C12H26I.11CH4/c1-6-10(5)11(7-2)12(8-3)13-9-4;;;;;;;;;;;/h10-12H,6-9H2,1-5H3;11*1H4/q-1;;;;;;;;;;;. The molecule has 0 spiro atoms. The van der Waals surface area contributed by atoms with Crippen molar-refractivity contribution >= 4 is 0 Å². The molecular weight excluding hydrogens is 403 g/mol. The maximum absolute atomic E-state index is 2.44. The van der Waals surface area contributed by atoms with Crippen LogP contribution < -0.4 is 21.2 Å². The van der Waals surface area contributed by atoms with E-state index < -0.39 is 0 Å². The van der Waals surface area contributed by atoms with Crippen molar-refractivity contribution in [2.75, 3.05) is 4.43 Å². The zero-order valence-corrected chi connectivity index (χ0v) is 12.1. The van der Waals surface area contributed by atoms with Crippen LogP contribution in [0.4, 0.5) is 0 Å². The van der Waals surface area contributed by atoms with E-state index in [2.05, 4.69) is 34.6 Å². The molecule has 0 aromatic carbocycles. The van der Waals surface area contributed by atoms with E-state index in [0.29, 0.717) is 21.2 Å². The molecular formula is C23H70I-. The fraction of sp³-hybridized carbons (Fsp3) is 1.00. The molecule has 0 aliphatic heterocycles. The van der Waals surface area contributed by atoms with Gasteiger partial charge in [0, 0.05) is 0 Å². The molecule has 170 valence electrons. The summed E-state index contributed by atoms with van der Waals surface area (Å²) in [6.07, 6.45) is 4.18. The normalized spacial score (nSPS) is 10.0. The Morgan fingerprint density at radius 1 is 0.542 bits per heavy atom. The van der Waals surface area contributed by atoms with Gasteiger partial charge in [0.25, 0.3) is 0 Å². The van der Waals surface area contributed by atoms with E-state index in [1.165, 1.54) is 23.7 Å². The van der Waals surface area contributed by atoms with Gasteiger partial charge in [-0.15, -0.1) is 0 Å². The second-order valence-corrected chi connectivity index (χ2v) is 7.81. The second kappa shape index (κ2) is 56.5. The quantitative estimate of drug-likeness (QED) is 0.260. The Hall–Kier alpha value is 0.730. The van der Waals surface area contributed by atoms with Crippen LogP contribution in [0.25, 0.3) is 0 Å². The fourth-order valence-corrected chi connectivity index (χ4v) is 5.67. The number of hydrogen-bond donors (Lipinski definition) is 0. The van der Waals surface area contributed by atoms with Crippen LogP contribution in [0, 0.1) is 11.8 Å². The van der Waals surface area contributed by atoms with Gasteiger partial charge in [-0.3, -0.25) is 0 Å². The minimum atomic E-state index is 0. The minimum absolute atomic E-state index is 0. The zero-order valence-electron chi connectivity index (χ0n) is 9.94. The zero-order chi connectivity index (χ0) is 10.3. The van der Waals surface area contributed by atoms with Crippen LogP contribution in [-0.4, -0.2) is 8.35 Å². The Labute approximate surface area is 176 Å². The van der Waals surface area contributed by atoms with E-state index >= 15 is 0 Å². The molecule has 0 radical (unpaired) electrons. The summed E-state index contributed by atoms with van der Waals surface area (Å²) in [5.41, 5.74) is 0. The van der Waals surface area contributed by atoms with Crippen molar-refractivity contribution in [3.8, 4) is 0 Å². The molecule has 0 amide bonds. The summed E-state index contributed by atoms with van der Waals surface area (Å²) in [5.74, 6) is 1.96. The summed E-state index contributed by atoms with van der Waals surface area (Å²) in [6, 6.07) is 0. The molecule has 0 saturated carbocycles. The van der Waals surface area contributed by atoms with Gasteiger partial charge in [-0.05, 0) is 0 Å². The van der Waals surface area contributed by atoms with E-state index in [1.807, 2.05) is 0 Å². The van der Waals surface area contributed by atoms with Crippen LogP contribution in [0.3, 0.4) is 0 Å². The number of halogens is 1. The summed E-state index contributed by atoms with van der Waals surface area (Å²) in [6.45, 7) is 11.9. The van der Waals surface area contributed by atoms with Gasteiger partial charge in [0.2, 0.25) is 0 Å². The average Bonchev–Trinajstić information content (AvgIpc) is 2.17. The van der Waals surface area contributed by atoms with Crippen molar-refractivity contribution in [1.82, 2.24) is 0 Å². The SMILES string of the molecule is C.C.C.C.C.C.C.C.C.C.C.CC[I-]C(CC)C(CC)C(C)CC. The first-order chi connectivity index (χ1) is 6.21. The summed E-state index contributed by atoms with van der Waals surface area (Å²) in [7, 11) is 0. The van der Waals surface area contributed by atoms with Gasteiger partial charge in [0.1, 0.15) is 0 Å². The third-order valence-corrected chi connectivity index (χ3v) is 6.87. The molecule has 0 fully saturated rings. The van der Waals surface area contributed by atoms with Gasteiger partial charge in [-0.1, -0.05) is 81.7 Å². The molecule has 0 aromatic rings. The van der Waals surface area contributed by atoms with Crippen molar-refractivity contribution < 1.29 is 21.2 Å². The van der Waals surface area contributed by atoms with Gasteiger partial charge in [-0.25, -0.2) is 0 Å². The van der Waals surface area contributed by atoms with E-state index in [9.17, 15) is 0 Å². The Morgan fingerprint density at radius 3 is 1.04 bits per heavy atom. The van der Waals surface area contributed by atoms with E-state index in [4.69, 9.17) is 0 Å². The number of hydrogen-bond acceptors (Lipinski definition) is 0. The summed E-state index contributed by atoms with van der Waals surface area (Å²) in [5, 5.41) is 0. The van der Waals surface area contributed by atoms with Crippen LogP contribution in [-0.2, 0) is 0 Å². The van der Waals surface area contributed by atoms with Crippen LogP contribution in [0.15, 0.2) is 0 Å². The average molecular weight is 474 g/mol. The third kappa shape index (κ3) is 34.1. The van der Waals surface area contributed by atoms with Crippen molar-refractivity contribution in [3.05, 3.63) is 0 Å². The van der Waals surface area contributed by atoms with Crippen LogP contribution in [0.1, 0.15) is 136 Å². The van der Waals surface area contributed by atoms with Crippen molar-refractivity contribution in [2.24, 2.45) is 11.8 Å². The molecule has 3 atom stereocenters. The van der Waals surface area contributed by atoms with Crippen LogP contribution in [0.2, 0.25) is 0 Å². The Kier molecular flexibility index (Phi) is 202. The number of rotatable bonds is 7. The van der Waals surface area contributed by atoms with Crippen molar-refractivity contribution in [1.29, 1.82) is 0 Å². The molecule has 0 bridgehead atoms. The second-order valence-electron chi connectivity index (χ2n) is 3.80. The van der Waals surface area contributed by atoms with Gasteiger partial charge >= 0.3 is 95.3 Å². The molecule has 0 aromatic heterocycles. The maximum atomic E-state index is 2.44. The fourth-order valence-electron chi connectivity index (χ4n) is 2.04. The first-order valence-electron chi connectivity index (χ1n) is 5.78. The molecule has 0 aliphatic carbocycles. The summed E-state index contributed by atoms with van der Waals surface area (Å²) in [4.78, 5) is 0. The predicted octanol–water partition coefficient (Wildman–Crippen LogP) is 7.94. The van der Waals surface area contributed by atoms with Gasteiger partial charge < -0.3 is 0 Å². The molecule has 0 N–H and O–H groups in total. The summed E-state index contributed by atoms with van der Waals surface area (Å²) < 4.78 is 2.55. The molecule has 0 nitrogen and oxygen atoms in total. The first kappa shape index (κ1) is 85.9. The predicted molar refractivity (Wildman–Crippen MR) is 132 cm³/mol. The van der Waals surface area contributed by atoms with E-state index in [-0.39, 0.29) is 81.7 Å². The van der Waals surface area contributed by atoms with Gasteiger partial charge in [-0.2, -0.15) is 0 Å². The first-order valence-corrected chi connectivity index (χ1v) is 8.55. The molecule has 0 rings (SSSR count). The Bertz CT molecular complexity index is 113. The van der Waals surface area contributed by atoms with Crippen LogP contribution in [0.5, 0.6) is 0 Å². The molecule has 0 heterocycles. The van der Waals surface area contributed by atoms with Crippen molar-refractivity contribution in [3.63, 3.8) is 0 Å². The molecule has 0 saturated heterocycles. The van der Waals surface area contributed by atoms with Gasteiger partial charge in [0.15, 0.2) is 0 Å². The van der Waals surface area contributed by atoms with Crippen LogP contribution >= 0.6 is 0 Å². The Balaban J connectivity index is -0.0000000131. The van der Waals surface area contributed by atoms with Gasteiger partial charge in [0.05, 0.1) is 0 Å². The molecule has 1 heteroatoms. The van der Waals surface area contributed by atoms with E-state index in [0.717, 1.165) is 15.8 Å². The number of alkyl halides is 2. The molecule has 0 aliphatic rings. The Morgan fingerprint density at radius 2 is 0.875 bits per heavy atom. The monoisotopic (exact) mass is 473 g/mol. The third-order valence-electron chi connectivity index (χ3n) is 3.05.